The van der Waals surface area contributed by atoms with Crippen LogP contribution in [0.15, 0.2) is 33.4 Å². The summed E-state index contributed by atoms with van der Waals surface area (Å²) in [6, 6.07) is 6.41. The molecule has 1 aliphatic rings. The van der Waals surface area contributed by atoms with Crippen LogP contribution in [0.25, 0.3) is 0 Å². The van der Waals surface area contributed by atoms with Gasteiger partial charge in [0.05, 0.1) is 10.8 Å². The summed E-state index contributed by atoms with van der Waals surface area (Å²) in [5.74, 6) is -0.831. The molecule has 1 N–H and O–H groups in total. The van der Waals surface area contributed by atoms with Gasteiger partial charge in [-0.15, -0.1) is 11.3 Å². The van der Waals surface area contributed by atoms with Crippen LogP contribution in [0.1, 0.15) is 28.8 Å². The van der Waals surface area contributed by atoms with Crippen molar-refractivity contribution in [2.75, 3.05) is 32.5 Å². The lowest BCUT2D eigenvalue weighted by molar-refractivity contribution is -0.120. The van der Waals surface area contributed by atoms with Crippen LogP contribution >= 0.6 is 11.3 Å². The van der Waals surface area contributed by atoms with Crippen molar-refractivity contribution in [2.24, 2.45) is 5.92 Å². The first-order valence-electron chi connectivity index (χ1n) is 10.2. The van der Waals surface area contributed by atoms with Crippen LogP contribution in [-0.2, 0) is 24.8 Å². The van der Waals surface area contributed by atoms with Gasteiger partial charge in [-0.3, -0.25) is 4.79 Å². The third-order valence-electron chi connectivity index (χ3n) is 5.74. The number of hydrogen-bond donors (Lipinski definition) is 1. The molecule has 1 aromatic heterocycles. The van der Waals surface area contributed by atoms with E-state index in [0.717, 1.165) is 20.3 Å². The van der Waals surface area contributed by atoms with Gasteiger partial charge in [0.1, 0.15) is 4.21 Å². The van der Waals surface area contributed by atoms with E-state index in [-0.39, 0.29) is 21.6 Å². The van der Waals surface area contributed by atoms with Crippen molar-refractivity contribution < 1.29 is 21.6 Å². The lowest BCUT2D eigenvalue weighted by Crippen LogP contribution is -2.43. The van der Waals surface area contributed by atoms with Crippen molar-refractivity contribution in [1.82, 2.24) is 8.61 Å². The third kappa shape index (κ3) is 4.91. The summed E-state index contributed by atoms with van der Waals surface area (Å²) in [5.41, 5.74) is 1.93. The van der Waals surface area contributed by atoms with E-state index in [1.54, 1.807) is 25.1 Å². The highest BCUT2D eigenvalue weighted by molar-refractivity contribution is 7.91. The first-order valence-corrected chi connectivity index (χ1v) is 13.9. The summed E-state index contributed by atoms with van der Waals surface area (Å²) >= 11 is 1.22. The van der Waals surface area contributed by atoms with Crippen molar-refractivity contribution in [3.63, 3.8) is 0 Å². The second-order valence-corrected chi connectivity index (χ2v) is 13.9. The molecule has 2 heterocycles. The number of amides is 1. The molecule has 0 spiro atoms. The summed E-state index contributed by atoms with van der Waals surface area (Å²) in [7, 11) is -4.40. The summed E-state index contributed by atoms with van der Waals surface area (Å²) < 4.78 is 53.9. The number of nitrogens with zero attached hydrogens (tertiary/aromatic N) is 2. The molecule has 1 atom stereocenters. The van der Waals surface area contributed by atoms with E-state index in [1.807, 2.05) is 13.8 Å². The Labute approximate surface area is 194 Å². The van der Waals surface area contributed by atoms with Crippen molar-refractivity contribution in [3.8, 4) is 0 Å². The molecule has 1 aromatic carbocycles. The zero-order chi connectivity index (χ0) is 23.8. The number of nitrogens with one attached hydrogen (secondary N) is 1. The standard InChI is InChI=1S/C21H29N3O5S3/c1-14-11-18(31(26,27)23(4)5)12-19(16(14)3)22-21(25)17-7-6-10-24(13-17)32(28,29)20-9-8-15(2)30-20/h8-9,11-12,17H,6-7,10,13H2,1-5H3,(H,22,25). The van der Waals surface area contributed by atoms with Crippen LogP contribution in [0.5, 0.6) is 0 Å². The number of hydrogen-bond acceptors (Lipinski definition) is 6. The Morgan fingerprint density at radius 2 is 1.81 bits per heavy atom. The fraction of sp³-hybridized carbons (Fsp3) is 0.476. The maximum absolute atomic E-state index is 13.0. The molecule has 176 valence electrons. The molecular formula is C21H29N3O5S3. The number of anilines is 1. The van der Waals surface area contributed by atoms with Gasteiger partial charge in [-0.2, -0.15) is 4.31 Å². The second-order valence-electron chi connectivity index (χ2n) is 8.26. The molecule has 0 bridgehead atoms. The van der Waals surface area contributed by atoms with Gasteiger partial charge in [-0.1, -0.05) is 0 Å². The Kier molecular flexibility index (Phi) is 7.16. The van der Waals surface area contributed by atoms with Crippen LogP contribution < -0.4 is 5.32 Å². The highest BCUT2D eigenvalue weighted by atomic mass is 32.2. The number of carbonyl (C=O) groups excluding carboxylic acids is 1. The first-order chi connectivity index (χ1) is 14.8. The molecule has 1 fully saturated rings. The first kappa shape index (κ1) is 24.8. The minimum absolute atomic E-state index is 0.0961. The van der Waals surface area contributed by atoms with Crippen LogP contribution in [0.4, 0.5) is 5.69 Å². The smallest absolute Gasteiger partial charge is 0.252 e. The van der Waals surface area contributed by atoms with Crippen molar-refractivity contribution >= 4 is 43.0 Å². The van der Waals surface area contributed by atoms with E-state index < -0.39 is 26.0 Å². The van der Waals surface area contributed by atoms with Gasteiger partial charge in [0, 0.05) is 37.7 Å². The Balaban J connectivity index is 1.82. The van der Waals surface area contributed by atoms with E-state index in [1.165, 1.54) is 35.8 Å². The van der Waals surface area contributed by atoms with E-state index in [2.05, 4.69) is 5.32 Å². The van der Waals surface area contributed by atoms with Crippen LogP contribution in [0, 0.1) is 26.7 Å². The summed E-state index contributed by atoms with van der Waals surface area (Å²) in [5, 5.41) is 2.85. The Bertz CT molecular complexity index is 1230. The molecule has 2 aromatic rings. The third-order valence-corrected chi connectivity index (χ3v) is 10.9. The lowest BCUT2D eigenvalue weighted by atomic mass is 9.98. The van der Waals surface area contributed by atoms with E-state index >= 15 is 0 Å². The molecule has 1 aliphatic heterocycles. The second kappa shape index (κ2) is 9.22. The molecule has 11 heteroatoms. The number of sulfonamides is 2. The monoisotopic (exact) mass is 499 g/mol. The normalized spacial score (nSPS) is 18.1. The number of aryl methyl sites for hydroxylation is 2. The maximum atomic E-state index is 13.0. The van der Waals surface area contributed by atoms with Crippen molar-refractivity contribution in [2.45, 2.75) is 42.7 Å². The maximum Gasteiger partial charge on any atom is 0.252 e. The van der Waals surface area contributed by atoms with Crippen LogP contribution in [-0.4, -0.2) is 58.5 Å². The number of piperidine rings is 1. The van der Waals surface area contributed by atoms with E-state index in [9.17, 15) is 21.6 Å². The lowest BCUT2D eigenvalue weighted by Gasteiger charge is -2.31. The molecule has 0 saturated carbocycles. The van der Waals surface area contributed by atoms with Gasteiger partial charge in [-0.25, -0.2) is 21.1 Å². The quantitative estimate of drug-likeness (QED) is 0.658. The Morgan fingerprint density at radius 1 is 1.12 bits per heavy atom. The number of benzene rings is 1. The molecule has 1 unspecified atom stereocenters. The zero-order valence-corrected chi connectivity index (χ0v) is 21.3. The fourth-order valence-electron chi connectivity index (χ4n) is 3.60. The minimum Gasteiger partial charge on any atom is -0.326 e. The van der Waals surface area contributed by atoms with Gasteiger partial charge in [0.15, 0.2) is 0 Å². The van der Waals surface area contributed by atoms with Gasteiger partial charge in [-0.05, 0) is 69.0 Å². The predicted octanol–water partition coefficient (Wildman–Crippen LogP) is 2.96. The number of rotatable bonds is 6. The molecule has 8 nitrogen and oxygen atoms in total. The predicted molar refractivity (Wildman–Crippen MR) is 126 cm³/mol. The van der Waals surface area contributed by atoms with Gasteiger partial charge in [0.2, 0.25) is 15.9 Å². The van der Waals surface area contributed by atoms with Crippen molar-refractivity contribution in [3.05, 3.63) is 40.3 Å². The summed E-state index contributed by atoms with van der Waals surface area (Å²) in [6.07, 6.45) is 1.14. The summed E-state index contributed by atoms with van der Waals surface area (Å²) in [6.45, 7) is 5.92. The fourth-order valence-corrected chi connectivity index (χ4v) is 7.58. The van der Waals surface area contributed by atoms with E-state index in [4.69, 9.17) is 0 Å². The highest BCUT2D eigenvalue weighted by Gasteiger charge is 2.34. The summed E-state index contributed by atoms with van der Waals surface area (Å²) in [4.78, 5) is 14.1. The van der Waals surface area contributed by atoms with Gasteiger partial charge >= 0.3 is 0 Å². The molecule has 32 heavy (non-hydrogen) atoms. The molecule has 1 saturated heterocycles. The van der Waals surface area contributed by atoms with Gasteiger partial charge < -0.3 is 5.32 Å². The van der Waals surface area contributed by atoms with Crippen LogP contribution in [0.3, 0.4) is 0 Å². The average molecular weight is 500 g/mol. The Hall–Kier alpha value is -1.79. The minimum atomic E-state index is -3.66. The highest BCUT2D eigenvalue weighted by Crippen LogP contribution is 2.30. The number of thiophene rings is 1. The average Bonchev–Trinajstić information content (AvgIpc) is 3.18. The van der Waals surface area contributed by atoms with E-state index in [0.29, 0.717) is 25.1 Å². The van der Waals surface area contributed by atoms with Gasteiger partial charge in [0.25, 0.3) is 10.0 Å². The molecule has 0 aliphatic carbocycles. The molecular weight excluding hydrogens is 470 g/mol. The SMILES string of the molecule is Cc1ccc(S(=O)(=O)N2CCCC(C(=O)Nc3cc(S(=O)(=O)N(C)C)cc(C)c3C)C2)s1. The zero-order valence-electron chi connectivity index (χ0n) is 18.9. The molecule has 0 radical (unpaired) electrons. The molecule has 3 rings (SSSR count). The Morgan fingerprint density at radius 3 is 2.41 bits per heavy atom. The largest absolute Gasteiger partial charge is 0.326 e. The topological polar surface area (TPSA) is 104 Å². The van der Waals surface area contributed by atoms with Crippen molar-refractivity contribution in [1.29, 1.82) is 0 Å². The molecule has 1 amide bonds. The number of carbonyl (C=O) groups is 1. The van der Waals surface area contributed by atoms with Crippen LogP contribution in [0.2, 0.25) is 0 Å².